The number of benzene rings is 2. The summed E-state index contributed by atoms with van der Waals surface area (Å²) in [5.41, 5.74) is 1.07. The molecule has 168 valence electrons. The topological polar surface area (TPSA) is 61.4 Å². The van der Waals surface area contributed by atoms with Crippen LogP contribution in [0.3, 0.4) is 0 Å². The second-order valence-corrected chi connectivity index (χ2v) is 8.24. The lowest BCUT2D eigenvalue weighted by molar-refractivity contribution is -0.138. The number of alkyl halides is 3. The van der Waals surface area contributed by atoms with Gasteiger partial charge in [0.2, 0.25) is 5.91 Å². The number of anilines is 2. The maximum Gasteiger partial charge on any atom is 0.416 e. The number of carbonyl (C=O) groups excluding carboxylic acids is 1. The Bertz CT molecular complexity index is 1160. The first-order valence-corrected chi connectivity index (χ1v) is 10.3. The largest absolute Gasteiger partial charge is 0.416 e. The molecule has 9 heteroatoms. The second-order valence-electron chi connectivity index (χ2n) is 8.24. The van der Waals surface area contributed by atoms with Gasteiger partial charge in [-0.1, -0.05) is 18.2 Å². The highest BCUT2D eigenvalue weighted by molar-refractivity contribution is 5.94. The zero-order valence-electron chi connectivity index (χ0n) is 18.1. The maximum atomic E-state index is 13.2. The van der Waals surface area contributed by atoms with Crippen molar-refractivity contribution in [2.24, 2.45) is 5.92 Å². The van der Waals surface area contributed by atoms with Crippen LogP contribution in [0.5, 0.6) is 0 Å². The van der Waals surface area contributed by atoms with Gasteiger partial charge in [-0.2, -0.15) is 18.3 Å². The molecule has 4 rings (SSSR count). The zero-order chi connectivity index (χ0) is 23.0. The average Bonchev–Trinajstić information content (AvgIpc) is 2.71. The first-order valence-electron chi connectivity index (χ1n) is 10.3. The summed E-state index contributed by atoms with van der Waals surface area (Å²) in [6.45, 7) is 2.96. The SMILES string of the molecule is Cc1c(CNc2nncc3ccc(N4CC(C(=O)N(C)C)C4)cc23)cccc1C(F)(F)F. The zero-order valence-corrected chi connectivity index (χ0v) is 18.1. The molecule has 0 aliphatic carbocycles. The van der Waals surface area contributed by atoms with Crippen LogP contribution < -0.4 is 10.2 Å². The van der Waals surface area contributed by atoms with Crippen molar-refractivity contribution >= 4 is 28.2 Å². The minimum absolute atomic E-state index is 0.0160. The molecule has 1 fully saturated rings. The number of amides is 1. The predicted octanol–water partition coefficient (Wildman–Crippen LogP) is 4.09. The summed E-state index contributed by atoms with van der Waals surface area (Å²) in [6.07, 6.45) is -2.74. The quantitative estimate of drug-likeness (QED) is 0.644. The van der Waals surface area contributed by atoms with E-state index < -0.39 is 11.7 Å². The van der Waals surface area contributed by atoms with Gasteiger partial charge in [0.1, 0.15) is 0 Å². The third-order valence-electron chi connectivity index (χ3n) is 5.88. The van der Waals surface area contributed by atoms with Gasteiger partial charge >= 0.3 is 6.18 Å². The Morgan fingerprint density at radius 3 is 2.66 bits per heavy atom. The normalized spacial score (nSPS) is 14.4. The van der Waals surface area contributed by atoms with Crippen molar-refractivity contribution in [3.63, 3.8) is 0 Å². The summed E-state index contributed by atoms with van der Waals surface area (Å²) >= 11 is 0. The smallest absolute Gasteiger partial charge is 0.370 e. The number of rotatable bonds is 5. The van der Waals surface area contributed by atoms with Crippen LogP contribution in [-0.4, -0.2) is 48.2 Å². The van der Waals surface area contributed by atoms with Crippen LogP contribution in [0.15, 0.2) is 42.6 Å². The fourth-order valence-electron chi connectivity index (χ4n) is 3.96. The van der Waals surface area contributed by atoms with E-state index in [4.69, 9.17) is 0 Å². The number of hydrogen-bond donors (Lipinski definition) is 1. The molecule has 0 radical (unpaired) electrons. The van der Waals surface area contributed by atoms with Crippen molar-refractivity contribution in [2.75, 3.05) is 37.4 Å². The Balaban J connectivity index is 1.54. The molecule has 2 heterocycles. The van der Waals surface area contributed by atoms with Gasteiger partial charge in [0.05, 0.1) is 17.7 Å². The minimum atomic E-state index is -4.39. The van der Waals surface area contributed by atoms with Gasteiger partial charge in [0.15, 0.2) is 5.82 Å². The van der Waals surface area contributed by atoms with Gasteiger partial charge in [0, 0.05) is 50.2 Å². The average molecular weight is 443 g/mol. The Hall–Kier alpha value is -3.36. The van der Waals surface area contributed by atoms with E-state index in [1.165, 1.54) is 13.0 Å². The molecule has 0 unspecified atom stereocenters. The molecular weight excluding hydrogens is 419 g/mol. The molecule has 1 aliphatic heterocycles. The molecule has 32 heavy (non-hydrogen) atoms. The van der Waals surface area contributed by atoms with E-state index in [2.05, 4.69) is 20.4 Å². The molecule has 2 aromatic carbocycles. The van der Waals surface area contributed by atoms with E-state index in [-0.39, 0.29) is 23.9 Å². The third kappa shape index (κ3) is 4.19. The molecule has 1 amide bonds. The molecule has 0 atom stereocenters. The molecule has 1 N–H and O–H groups in total. The summed E-state index contributed by atoms with van der Waals surface area (Å²) < 4.78 is 39.6. The highest BCUT2D eigenvalue weighted by atomic mass is 19.4. The Labute approximate surface area is 184 Å². The van der Waals surface area contributed by atoms with E-state index >= 15 is 0 Å². The fourth-order valence-corrected chi connectivity index (χ4v) is 3.96. The summed E-state index contributed by atoms with van der Waals surface area (Å²) in [5, 5.41) is 13.0. The molecule has 0 bridgehead atoms. The monoisotopic (exact) mass is 443 g/mol. The highest BCUT2D eigenvalue weighted by Crippen LogP contribution is 2.34. The predicted molar refractivity (Wildman–Crippen MR) is 117 cm³/mol. The molecule has 1 saturated heterocycles. The summed E-state index contributed by atoms with van der Waals surface area (Å²) in [5.74, 6) is 0.604. The Morgan fingerprint density at radius 1 is 1.22 bits per heavy atom. The van der Waals surface area contributed by atoms with Gasteiger partial charge in [-0.25, -0.2) is 0 Å². The number of hydrogen-bond acceptors (Lipinski definition) is 5. The lowest BCUT2D eigenvalue weighted by atomic mass is 9.97. The van der Waals surface area contributed by atoms with Gasteiger partial charge in [-0.3, -0.25) is 4.79 Å². The van der Waals surface area contributed by atoms with E-state index in [9.17, 15) is 18.0 Å². The number of nitrogens with zero attached hydrogens (tertiary/aromatic N) is 4. The summed E-state index contributed by atoms with van der Waals surface area (Å²) in [6, 6.07) is 10.0. The first kappa shape index (κ1) is 21.9. The molecule has 1 aliphatic rings. The van der Waals surface area contributed by atoms with Gasteiger partial charge in [0.25, 0.3) is 0 Å². The van der Waals surface area contributed by atoms with Crippen molar-refractivity contribution < 1.29 is 18.0 Å². The summed E-state index contributed by atoms with van der Waals surface area (Å²) in [4.78, 5) is 15.8. The number of carbonyl (C=O) groups is 1. The molecule has 6 nitrogen and oxygen atoms in total. The van der Waals surface area contributed by atoms with E-state index in [1.54, 1.807) is 31.3 Å². The van der Waals surface area contributed by atoms with Crippen molar-refractivity contribution in [3.05, 3.63) is 59.3 Å². The number of aromatic nitrogens is 2. The van der Waals surface area contributed by atoms with Crippen molar-refractivity contribution in [1.29, 1.82) is 0 Å². The van der Waals surface area contributed by atoms with Crippen molar-refractivity contribution in [3.8, 4) is 0 Å². The molecule has 1 aromatic heterocycles. The van der Waals surface area contributed by atoms with Gasteiger partial charge in [-0.05, 0) is 36.2 Å². The van der Waals surface area contributed by atoms with Gasteiger partial charge < -0.3 is 15.1 Å². The van der Waals surface area contributed by atoms with Crippen LogP contribution in [0, 0.1) is 12.8 Å². The lowest BCUT2D eigenvalue weighted by Crippen LogP contribution is -2.53. The standard InChI is InChI=1S/C23H24F3N5O/c1-14-15(5-4-6-20(14)23(24,25)26)10-27-21-19-9-18(8-7-16(19)11-28-29-21)31-12-17(13-31)22(32)30(2)3/h4-9,11,17H,10,12-13H2,1-3H3,(H,27,29). The van der Waals surface area contributed by atoms with Crippen LogP contribution in [0.4, 0.5) is 24.7 Å². The molecular formula is C23H24F3N5O. The number of fused-ring (bicyclic) bond motifs is 1. The van der Waals surface area contributed by atoms with Crippen LogP contribution in [0.25, 0.3) is 10.8 Å². The Kier molecular flexibility index (Phi) is 5.66. The Morgan fingerprint density at radius 2 is 1.97 bits per heavy atom. The highest BCUT2D eigenvalue weighted by Gasteiger charge is 2.34. The van der Waals surface area contributed by atoms with E-state index in [0.717, 1.165) is 22.5 Å². The van der Waals surface area contributed by atoms with Gasteiger partial charge in [-0.15, -0.1) is 5.10 Å². The van der Waals surface area contributed by atoms with Crippen molar-refractivity contribution in [2.45, 2.75) is 19.6 Å². The van der Waals surface area contributed by atoms with Crippen molar-refractivity contribution in [1.82, 2.24) is 15.1 Å². The number of nitrogens with one attached hydrogen (secondary N) is 1. The lowest BCUT2D eigenvalue weighted by Gasteiger charge is -2.41. The third-order valence-corrected chi connectivity index (χ3v) is 5.88. The molecule has 0 saturated carbocycles. The fraction of sp³-hybridized carbons (Fsp3) is 0.348. The van der Waals surface area contributed by atoms with Crippen LogP contribution >= 0.6 is 0 Å². The van der Waals surface area contributed by atoms with E-state index in [0.29, 0.717) is 24.5 Å². The minimum Gasteiger partial charge on any atom is -0.370 e. The van der Waals surface area contributed by atoms with Crippen LogP contribution in [-0.2, 0) is 17.5 Å². The second kappa shape index (κ2) is 8.29. The maximum absolute atomic E-state index is 13.2. The molecule has 3 aromatic rings. The van der Waals surface area contributed by atoms with E-state index in [1.807, 2.05) is 18.2 Å². The first-order chi connectivity index (χ1) is 15.1. The number of halogens is 3. The summed E-state index contributed by atoms with van der Waals surface area (Å²) in [7, 11) is 3.51. The molecule has 0 spiro atoms. The van der Waals surface area contributed by atoms with Crippen LogP contribution in [0.2, 0.25) is 0 Å². The van der Waals surface area contributed by atoms with Crippen LogP contribution in [0.1, 0.15) is 16.7 Å².